The van der Waals surface area contributed by atoms with Crippen LogP contribution >= 0.6 is 27.3 Å². The molecule has 0 aliphatic heterocycles. The topological polar surface area (TPSA) is 83.5 Å². The van der Waals surface area contributed by atoms with Crippen LogP contribution in [0.15, 0.2) is 44.4 Å². The molecule has 0 unspecified atom stereocenters. The lowest BCUT2D eigenvalue weighted by Gasteiger charge is -2.11. The van der Waals surface area contributed by atoms with Crippen LogP contribution in [0.5, 0.6) is 0 Å². The molecule has 8 heteroatoms. The second kappa shape index (κ2) is 6.59. The molecule has 1 aromatic heterocycles. The highest BCUT2D eigenvalue weighted by atomic mass is 79.9. The first-order valence-corrected chi connectivity index (χ1v) is 9.11. The zero-order valence-corrected chi connectivity index (χ0v) is 14.0. The third-order valence-corrected chi connectivity index (χ3v) is 6.73. The molecule has 5 nitrogen and oxygen atoms in total. The minimum atomic E-state index is -3.69. The summed E-state index contributed by atoms with van der Waals surface area (Å²) in [5.41, 5.74) is 1.05. The zero-order valence-electron chi connectivity index (χ0n) is 10.7. The van der Waals surface area contributed by atoms with Crippen molar-refractivity contribution in [2.45, 2.75) is 17.1 Å². The molecule has 1 heterocycles. The second-order valence-corrected chi connectivity index (χ2v) is 7.86. The van der Waals surface area contributed by atoms with Gasteiger partial charge in [-0.15, -0.1) is 11.3 Å². The average Bonchev–Trinajstić information content (AvgIpc) is 2.84. The van der Waals surface area contributed by atoms with E-state index in [2.05, 4.69) is 20.7 Å². The lowest BCUT2D eigenvalue weighted by Crippen LogP contribution is -2.13. The number of nitrogens with one attached hydrogen (secondary N) is 1. The summed E-state index contributed by atoms with van der Waals surface area (Å²) in [5, 5.41) is 10.4. The molecule has 0 spiro atoms. The predicted octanol–water partition coefficient (Wildman–Crippen LogP) is 3.33. The summed E-state index contributed by atoms with van der Waals surface area (Å²) < 4.78 is 27.9. The van der Waals surface area contributed by atoms with Crippen LogP contribution in [0.25, 0.3) is 0 Å². The van der Waals surface area contributed by atoms with Crippen LogP contribution < -0.4 is 4.72 Å². The van der Waals surface area contributed by atoms with Crippen molar-refractivity contribution in [3.05, 3.63) is 45.7 Å². The summed E-state index contributed by atoms with van der Waals surface area (Å²) in [7, 11) is -3.69. The first-order chi connectivity index (χ1) is 9.90. The molecular weight excluding hydrogens is 378 g/mol. The summed E-state index contributed by atoms with van der Waals surface area (Å²) in [6, 6.07) is 8.44. The van der Waals surface area contributed by atoms with Crippen molar-refractivity contribution >= 4 is 48.9 Å². The SMILES string of the molecule is O=C(O)CCc1ccccc1NS(=O)(=O)c1sccc1Br. The normalized spacial score (nSPS) is 11.3. The fourth-order valence-electron chi connectivity index (χ4n) is 1.74. The fourth-order valence-corrected chi connectivity index (χ4v) is 5.18. The molecule has 0 atom stereocenters. The number of carboxylic acids is 1. The molecule has 0 fully saturated rings. The number of hydrogen-bond donors (Lipinski definition) is 2. The molecule has 112 valence electrons. The minimum Gasteiger partial charge on any atom is -0.481 e. The van der Waals surface area contributed by atoms with Gasteiger partial charge in [0.15, 0.2) is 4.21 Å². The number of rotatable bonds is 6. The fraction of sp³-hybridized carbons (Fsp3) is 0.154. The Hall–Kier alpha value is -1.38. The smallest absolute Gasteiger partial charge is 0.303 e. The van der Waals surface area contributed by atoms with Gasteiger partial charge in [-0.05, 0) is 45.4 Å². The number of carboxylic acid groups (broad SMARTS) is 1. The van der Waals surface area contributed by atoms with Gasteiger partial charge < -0.3 is 5.11 Å². The second-order valence-electron chi connectivity index (χ2n) is 4.21. The lowest BCUT2D eigenvalue weighted by atomic mass is 10.1. The van der Waals surface area contributed by atoms with Crippen LogP contribution in [-0.2, 0) is 21.2 Å². The minimum absolute atomic E-state index is 0.0541. The van der Waals surface area contributed by atoms with E-state index in [1.165, 1.54) is 0 Å². The number of thiophene rings is 1. The lowest BCUT2D eigenvalue weighted by molar-refractivity contribution is -0.136. The van der Waals surface area contributed by atoms with Crippen LogP contribution in [0.3, 0.4) is 0 Å². The maximum atomic E-state index is 12.3. The summed E-state index contributed by atoms with van der Waals surface area (Å²) in [4.78, 5) is 10.7. The standard InChI is InChI=1S/C13H12BrNO4S2/c14-10-7-8-20-13(10)21(18,19)15-11-4-2-1-3-9(11)5-6-12(16)17/h1-4,7-8,15H,5-6H2,(H,16,17). The van der Waals surface area contributed by atoms with Crippen molar-refractivity contribution in [2.75, 3.05) is 4.72 Å². The number of benzene rings is 1. The van der Waals surface area contributed by atoms with Gasteiger partial charge in [0, 0.05) is 10.9 Å². The molecule has 2 rings (SSSR count). The predicted molar refractivity (Wildman–Crippen MR) is 85.2 cm³/mol. The molecule has 0 bridgehead atoms. The first kappa shape index (κ1) is 16.0. The van der Waals surface area contributed by atoms with Gasteiger partial charge in [-0.3, -0.25) is 9.52 Å². The van der Waals surface area contributed by atoms with Gasteiger partial charge in [-0.2, -0.15) is 0 Å². The molecule has 0 amide bonds. The van der Waals surface area contributed by atoms with Crippen molar-refractivity contribution < 1.29 is 18.3 Å². The summed E-state index contributed by atoms with van der Waals surface area (Å²) in [6.07, 6.45) is 0.209. The van der Waals surface area contributed by atoms with Crippen molar-refractivity contribution in [1.29, 1.82) is 0 Å². The number of carbonyl (C=O) groups is 1. The number of aryl methyl sites for hydroxylation is 1. The maximum absolute atomic E-state index is 12.3. The van der Waals surface area contributed by atoms with Crippen LogP contribution in [0, 0.1) is 0 Å². The number of anilines is 1. The number of aliphatic carboxylic acids is 1. The van der Waals surface area contributed by atoms with Crippen LogP contribution in [0.4, 0.5) is 5.69 Å². The molecular formula is C13H12BrNO4S2. The van der Waals surface area contributed by atoms with E-state index < -0.39 is 16.0 Å². The Balaban J connectivity index is 2.27. The number of para-hydroxylation sites is 1. The van der Waals surface area contributed by atoms with Gasteiger partial charge in [-0.25, -0.2) is 8.42 Å². The van der Waals surface area contributed by atoms with Crippen molar-refractivity contribution in [3.8, 4) is 0 Å². The Labute approximate surface area is 134 Å². The quantitative estimate of drug-likeness (QED) is 0.793. The van der Waals surface area contributed by atoms with Crippen LogP contribution in [0.2, 0.25) is 0 Å². The highest BCUT2D eigenvalue weighted by Crippen LogP contribution is 2.30. The monoisotopic (exact) mass is 389 g/mol. The highest BCUT2D eigenvalue weighted by molar-refractivity contribution is 9.10. The Morgan fingerprint density at radius 3 is 2.62 bits per heavy atom. The van der Waals surface area contributed by atoms with Crippen LogP contribution in [-0.4, -0.2) is 19.5 Å². The van der Waals surface area contributed by atoms with Gasteiger partial charge >= 0.3 is 5.97 Å². The van der Waals surface area contributed by atoms with Crippen molar-refractivity contribution in [3.63, 3.8) is 0 Å². The van der Waals surface area contributed by atoms with Crippen LogP contribution in [0.1, 0.15) is 12.0 Å². The van der Waals surface area contributed by atoms with E-state index in [0.29, 0.717) is 15.7 Å². The number of halogens is 1. The Morgan fingerprint density at radius 2 is 2.00 bits per heavy atom. The number of hydrogen-bond acceptors (Lipinski definition) is 4. The largest absolute Gasteiger partial charge is 0.481 e. The van der Waals surface area contributed by atoms with Crippen molar-refractivity contribution in [1.82, 2.24) is 0 Å². The molecule has 1 aromatic carbocycles. The maximum Gasteiger partial charge on any atom is 0.303 e. The zero-order chi connectivity index (χ0) is 15.5. The summed E-state index contributed by atoms with van der Waals surface area (Å²) in [6.45, 7) is 0. The Morgan fingerprint density at radius 1 is 1.29 bits per heavy atom. The van der Waals surface area contributed by atoms with E-state index in [1.807, 2.05) is 0 Å². The molecule has 0 aliphatic rings. The van der Waals surface area contributed by atoms with E-state index in [-0.39, 0.29) is 17.1 Å². The summed E-state index contributed by atoms with van der Waals surface area (Å²) in [5.74, 6) is -0.923. The van der Waals surface area contributed by atoms with E-state index in [0.717, 1.165) is 11.3 Å². The van der Waals surface area contributed by atoms with E-state index in [4.69, 9.17) is 5.11 Å². The van der Waals surface area contributed by atoms with Gasteiger partial charge in [0.25, 0.3) is 10.0 Å². The molecule has 0 aliphatic carbocycles. The molecule has 0 saturated heterocycles. The molecule has 21 heavy (non-hydrogen) atoms. The molecule has 2 aromatic rings. The van der Waals surface area contributed by atoms with E-state index >= 15 is 0 Å². The molecule has 2 N–H and O–H groups in total. The number of sulfonamides is 1. The Kier molecular flexibility index (Phi) is 5.02. The average molecular weight is 390 g/mol. The highest BCUT2D eigenvalue weighted by Gasteiger charge is 2.20. The van der Waals surface area contributed by atoms with Gasteiger partial charge in [0.2, 0.25) is 0 Å². The van der Waals surface area contributed by atoms with E-state index in [9.17, 15) is 13.2 Å². The van der Waals surface area contributed by atoms with E-state index in [1.54, 1.807) is 35.7 Å². The summed E-state index contributed by atoms with van der Waals surface area (Å²) >= 11 is 4.31. The van der Waals surface area contributed by atoms with Gasteiger partial charge in [0.05, 0.1) is 5.69 Å². The Bertz CT molecular complexity index is 755. The van der Waals surface area contributed by atoms with Gasteiger partial charge in [0.1, 0.15) is 0 Å². The van der Waals surface area contributed by atoms with Gasteiger partial charge in [-0.1, -0.05) is 18.2 Å². The third kappa shape index (κ3) is 4.05. The van der Waals surface area contributed by atoms with Crippen molar-refractivity contribution in [2.24, 2.45) is 0 Å². The third-order valence-electron chi connectivity index (χ3n) is 2.70. The molecule has 0 saturated carbocycles. The molecule has 0 radical (unpaired) electrons. The first-order valence-electron chi connectivity index (χ1n) is 5.95.